The lowest BCUT2D eigenvalue weighted by molar-refractivity contribution is -0.160. The molecule has 2 N–H and O–H groups in total. The molecule has 0 bridgehead atoms. The zero-order valence-corrected chi connectivity index (χ0v) is 7.07. The molecular weight excluding hydrogens is 160 g/mol. The normalized spacial score (nSPS) is 11.8. The van der Waals surface area contributed by atoms with Crippen LogP contribution in [0.5, 0.6) is 0 Å². The van der Waals surface area contributed by atoms with Crippen molar-refractivity contribution >= 4 is 11.9 Å². The number of carboxylic acids is 2. The minimum atomic E-state index is -1.76. The van der Waals surface area contributed by atoms with E-state index in [1.54, 1.807) is 6.92 Å². The fraction of sp³-hybridized carbons (Fsp3) is 0.500. The van der Waals surface area contributed by atoms with E-state index in [1.807, 2.05) is 0 Å². The third kappa shape index (κ3) is 1.64. The number of carboxylic acid groups (broad SMARTS) is 2. The number of aliphatic carboxylic acids is 2. The molecule has 4 heteroatoms. The number of rotatable bonds is 4. The van der Waals surface area contributed by atoms with Gasteiger partial charge in [-0.05, 0) is 13.3 Å². The van der Waals surface area contributed by atoms with Crippen LogP contribution in [0.15, 0.2) is 12.2 Å². The summed E-state index contributed by atoms with van der Waals surface area (Å²) in [5.74, 6) is -2.65. The van der Waals surface area contributed by atoms with E-state index >= 15 is 0 Å². The van der Waals surface area contributed by atoms with Crippen molar-refractivity contribution in [3.8, 4) is 0 Å². The van der Waals surface area contributed by atoms with Gasteiger partial charge in [0.2, 0.25) is 0 Å². The lowest BCUT2D eigenvalue weighted by Gasteiger charge is -2.18. The molecule has 0 saturated heterocycles. The first-order valence-electron chi connectivity index (χ1n) is 3.62. The molecule has 0 rings (SSSR count). The van der Waals surface area contributed by atoms with Gasteiger partial charge in [0.05, 0.1) is 0 Å². The monoisotopic (exact) mass is 172 g/mol. The molecule has 0 atom stereocenters. The Labute approximate surface area is 70.5 Å². The van der Waals surface area contributed by atoms with Gasteiger partial charge >= 0.3 is 11.9 Å². The molecule has 0 aliphatic rings. The topological polar surface area (TPSA) is 74.6 Å². The van der Waals surface area contributed by atoms with Crippen LogP contribution in [-0.4, -0.2) is 22.2 Å². The zero-order chi connectivity index (χ0) is 9.78. The van der Waals surface area contributed by atoms with Crippen LogP contribution in [0.4, 0.5) is 0 Å². The fourth-order valence-corrected chi connectivity index (χ4v) is 0.939. The largest absolute Gasteiger partial charge is 0.480 e. The van der Waals surface area contributed by atoms with Gasteiger partial charge in [0, 0.05) is 0 Å². The Bertz CT molecular complexity index is 203. The predicted molar refractivity (Wildman–Crippen MR) is 42.8 cm³/mol. The number of allylic oxidation sites excluding steroid dienone is 1. The van der Waals surface area contributed by atoms with Gasteiger partial charge in [-0.25, -0.2) is 0 Å². The van der Waals surface area contributed by atoms with Crippen molar-refractivity contribution in [3.63, 3.8) is 0 Å². The highest BCUT2D eigenvalue weighted by Gasteiger charge is 2.42. The molecule has 0 aromatic heterocycles. The second-order valence-electron chi connectivity index (χ2n) is 2.44. The highest BCUT2D eigenvalue weighted by Crippen LogP contribution is 2.24. The van der Waals surface area contributed by atoms with Crippen molar-refractivity contribution in [2.75, 3.05) is 0 Å². The molecule has 0 aliphatic carbocycles. The summed E-state index contributed by atoms with van der Waals surface area (Å²) in [5, 5.41) is 17.4. The van der Waals surface area contributed by atoms with Gasteiger partial charge in [-0.15, -0.1) is 0 Å². The van der Waals surface area contributed by atoms with Crippen LogP contribution >= 0.6 is 0 Å². The van der Waals surface area contributed by atoms with E-state index in [0.717, 1.165) is 0 Å². The molecule has 4 nitrogen and oxygen atoms in total. The summed E-state index contributed by atoms with van der Waals surface area (Å²) in [7, 11) is 0. The van der Waals surface area contributed by atoms with E-state index in [-0.39, 0.29) is 6.42 Å². The van der Waals surface area contributed by atoms with Gasteiger partial charge < -0.3 is 10.2 Å². The van der Waals surface area contributed by atoms with Gasteiger partial charge in [-0.2, -0.15) is 0 Å². The van der Waals surface area contributed by atoms with Crippen molar-refractivity contribution in [3.05, 3.63) is 12.2 Å². The van der Waals surface area contributed by atoms with Gasteiger partial charge in [0.25, 0.3) is 0 Å². The molecule has 0 aromatic rings. The highest BCUT2D eigenvalue weighted by atomic mass is 16.4. The van der Waals surface area contributed by atoms with Gasteiger partial charge in [-0.1, -0.05) is 19.1 Å². The second-order valence-corrected chi connectivity index (χ2v) is 2.44. The van der Waals surface area contributed by atoms with Gasteiger partial charge in [0.15, 0.2) is 5.41 Å². The maximum absolute atomic E-state index is 10.7. The first-order valence-corrected chi connectivity index (χ1v) is 3.62. The Morgan fingerprint density at radius 1 is 1.33 bits per heavy atom. The van der Waals surface area contributed by atoms with Crippen molar-refractivity contribution in [1.82, 2.24) is 0 Å². The summed E-state index contributed by atoms with van der Waals surface area (Å²) in [4.78, 5) is 21.3. The van der Waals surface area contributed by atoms with Crippen LogP contribution in [0, 0.1) is 5.41 Å². The maximum Gasteiger partial charge on any atom is 0.324 e. The maximum atomic E-state index is 10.7. The van der Waals surface area contributed by atoms with Gasteiger partial charge in [-0.3, -0.25) is 9.59 Å². The minimum Gasteiger partial charge on any atom is -0.480 e. The van der Waals surface area contributed by atoms with Crippen molar-refractivity contribution in [1.29, 1.82) is 0 Å². The third-order valence-corrected chi connectivity index (χ3v) is 1.77. The average molecular weight is 172 g/mol. The second kappa shape index (κ2) is 3.90. The molecule has 0 unspecified atom stereocenters. The molecule has 0 fully saturated rings. The molecule has 0 aromatic carbocycles. The van der Waals surface area contributed by atoms with E-state index in [9.17, 15) is 9.59 Å². The van der Waals surface area contributed by atoms with Crippen LogP contribution in [-0.2, 0) is 9.59 Å². The molecule has 0 spiro atoms. The Morgan fingerprint density at radius 2 is 1.75 bits per heavy atom. The van der Waals surface area contributed by atoms with Crippen LogP contribution in [0.25, 0.3) is 0 Å². The van der Waals surface area contributed by atoms with Crippen LogP contribution < -0.4 is 0 Å². The summed E-state index contributed by atoms with van der Waals surface area (Å²) in [5.41, 5.74) is -1.76. The van der Waals surface area contributed by atoms with E-state index in [1.165, 1.54) is 19.1 Å². The predicted octanol–water partition coefficient (Wildman–Crippen LogP) is 1.13. The Balaban J connectivity index is 5.03. The molecule has 68 valence electrons. The van der Waals surface area contributed by atoms with Crippen LogP contribution in [0.2, 0.25) is 0 Å². The summed E-state index contributed by atoms with van der Waals surface area (Å²) < 4.78 is 0. The van der Waals surface area contributed by atoms with Crippen molar-refractivity contribution in [2.45, 2.75) is 20.3 Å². The fourth-order valence-electron chi connectivity index (χ4n) is 0.939. The van der Waals surface area contributed by atoms with E-state index in [2.05, 4.69) is 0 Å². The van der Waals surface area contributed by atoms with E-state index < -0.39 is 17.4 Å². The number of carbonyl (C=O) groups is 2. The molecule has 0 aliphatic heterocycles. The lowest BCUT2D eigenvalue weighted by Crippen LogP contribution is -2.36. The quantitative estimate of drug-likeness (QED) is 0.492. The average Bonchev–Trinajstić information content (AvgIpc) is 1.98. The number of hydrogen-bond donors (Lipinski definition) is 2. The van der Waals surface area contributed by atoms with Crippen molar-refractivity contribution < 1.29 is 19.8 Å². The summed E-state index contributed by atoms with van der Waals surface area (Å²) >= 11 is 0. The molecule has 12 heavy (non-hydrogen) atoms. The summed E-state index contributed by atoms with van der Waals surface area (Å²) in [6.45, 7) is 3.12. The first-order chi connectivity index (χ1) is 5.51. The van der Waals surface area contributed by atoms with Crippen LogP contribution in [0.1, 0.15) is 20.3 Å². The third-order valence-electron chi connectivity index (χ3n) is 1.77. The molecule has 0 radical (unpaired) electrons. The first kappa shape index (κ1) is 10.7. The standard InChI is InChI=1S/C8H12O4/c1-3-5-8(4-2,6(9)10)7(11)12/h3,5H,4H2,1-2H3,(H,9,10)(H,11,12). The Morgan fingerprint density at radius 3 is 1.83 bits per heavy atom. The minimum absolute atomic E-state index is 0.0437. The summed E-state index contributed by atoms with van der Waals surface area (Å²) in [6, 6.07) is 0. The Kier molecular flexibility index (Phi) is 3.47. The Hall–Kier alpha value is -1.32. The molecule has 0 amide bonds. The molecule has 0 saturated carbocycles. The zero-order valence-electron chi connectivity index (χ0n) is 7.07. The van der Waals surface area contributed by atoms with E-state index in [0.29, 0.717) is 0 Å². The molecular formula is C8H12O4. The summed E-state index contributed by atoms with van der Waals surface area (Å²) in [6.07, 6.45) is 2.67. The van der Waals surface area contributed by atoms with E-state index in [4.69, 9.17) is 10.2 Å². The SMILES string of the molecule is CC=CC(CC)(C(=O)O)C(=O)O. The smallest absolute Gasteiger partial charge is 0.324 e. The highest BCUT2D eigenvalue weighted by molar-refractivity contribution is 6.00. The van der Waals surface area contributed by atoms with Crippen molar-refractivity contribution in [2.24, 2.45) is 5.41 Å². The van der Waals surface area contributed by atoms with Gasteiger partial charge in [0.1, 0.15) is 0 Å². The number of hydrogen-bond acceptors (Lipinski definition) is 2. The van der Waals surface area contributed by atoms with Crippen LogP contribution in [0.3, 0.4) is 0 Å². The lowest BCUT2D eigenvalue weighted by atomic mass is 9.85. The molecule has 0 heterocycles.